The molecule has 0 spiro atoms. The molecule has 3 rings (SSSR count). The monoisotopic (exact) mass is 540 g/mol. The van der Waals surface area contributed by atoms with E-state index in [0.29, 0.717) is 0 Å². The normalized spacial score (nSPS) is 16.5. The van der Waals surface area contributed by atoms with Gasteiger partial charge >= 0.3 is 6.09 Å². The molecule has 0 bridgehead atoms. The minimum Gasteiger partial charge on any atom is -0.444 e. The number of aryl methyl sites for hydroxylation is 1. The summed E-state index contributed by atoms with van der Waals surface area (Å²) in [7, 11) is -7.98. The van der Waals surface area contributed by atoms with E-state index in [1.54, 1.807) is 32.9 Å². The molecule has 1 aliphatic heterocycles. The Kier molecular flexibility index (Phi) is 7.73. The fraction of sp³-hybridized carbons (Fsp3) is 0.500. The smallest absolute Gasteiger partial charge is 0.410 e. The van der Waals surface area contributed by atoms with Gasteiger partial charge in [0.15, 0.2) is 5.78 Å². The maximum absolute atomic E-state index is 13.9. The highest BCUT2D eigenvalue weighted by Crippen LogP contribution is 2.37. The summed E-state index contributed by atoms with van der Waals surface area (Å²) < 4.78 is 61.6. The van der Waals surface area contributed by atoms with Gasteiger partial charge in [-0.05, 0) is 64.8 Å². The molecule has 1 amide bonds. The van der Waals surface area contributed by atoms with Gasteiger partial charge in [-0.1, -0.05) is 17.7 Å². The number of nitrogens with zero attached hydrogens (tertiary/aromatic N) is 2. The van der Waals surface area contributed by atoms with Crippen LogP contribution in [0.1, 0.15) is 49.7 Å². The van der Waals surface area contributed by atoms with Crippen molar-refractivity contribution in [1.29, 1.82) is 0 Å². The number of hydrogen-bond acceptors (Lipinski definition) is 8. The number of aromatic nitrogens is 1. The average molecular weight is 541 g/mol. The third-order valence-corrected chi connectivity index (χ3v) is 8.18. The number of hydrogen-bond donors (Lipinski definition) is 0. The molecule has 0 aliphatic carbocycles. The van der Waals surface area contributed by atoms with Crippen molar-refractivity contribution in [2.45, 2.75) is 51.0 Å². The molecular weight excluding hydrogens is 508 g/mol. The van der Waals surface area contributed by atoms with Crippen LogP contribution in [-0.4, -0.2) is 69.1 Å². The Morgan fingerprint density at radius 3 is 2.11 bits per heavy atom. The summed E-state index contributed by atoms with van der Waals surface area (Å²) in [6, 6.07) is 9.06. The average Bonchev–Trinajstić information content (AvgIpc) is 3.27. The van der Waals surface area contributed by atoms with E-state index in [2.05, 4.69) is 0 Å². The molecule has 0 saturated carbocycles. The lowest BCUT2D eigenvalue weighted by Crippen LogP contribution is -2.50. The summed E-state index contributed by atoms with van der Waals surface area (Å²) in [6.07, 6.45) is 1.75. The minimum absolute atomic E-state index is 0.0135. The zero-order valence-electron chi connectivity index (χ0n) is 21.1. The van der Waals surface area contributed by atoms with E-state index in [-0.39, 0.29) is 36.5 Å². The molecule has 1 saturated heterocycles. The Morgan fingerprint density at radius 1 is 1.00 bits per heavy atom. The van der Waals surface area contributed by atoms with Crippen molar-refractivity contribution in [3.8, 4) is 0 Å². The number of ketones is 1. The first-order valence-electron chi connectivity index (χ1n) is 11.4. The van der Waals surface area contributed by atoms with Gasteiger partial charge in [-0.3, -0.25) is 8.98 Å². The van der Waals surface area contributed by atoms with Crippen LogP contribution in [0.2, 0.25) is 0 Å². The molecule has 0 unspecified atom stereocenters. The molecule has 1 aromatic heterocycles. The fourth-order valence-corrected chi connectivity index (χ4v) is 5.73. The van der Waals surface area contributed by atoms with Gasteiger partial charge in [0.2, 0.25) is 0 Å². The quantitative estimate of drug-likeness (QED) is 0.387. The molecule has 0 atom stereocenters. The number of likely N-dealkylation sites (tertiary alicyclic amines) is 1. The summed E-state index contributed by atoms with van der Waals surface area (Å²) in [5, 5.41) is 0. The van der Waals surface area contributed by atoms with Crippen molar-refractivity contribution in [1.82, 2.24) is 8.87 Å². The summed E-state index contributed by atoms with van der Waals surface area (Å²) in [5.74, 6) is -0.573. The second-order valence-electron chi connectivity index (χ2n) is 10.1. The number of ether oxygens (including phenoxy) is 1. The molecule has 1 fully saturated rings. The van der Waals surface area contributed by atoms with Gasteiger partial charge in [-0.25, -0.2) is 17.2 Å². The van der Waals surface area contributed by atoms with Crippen LogP contribution in [-0.2, 0) is 29.1 Å². The number of benzene rings is 1. The highest BCUT2D eigenvalue weighted by molar-refractivity contribution is 7.90. The second-order valence-corrected chi connectivity index (χ2v) is 13.5. The Hall–Kier alpha value is -2.70. The third kappa shape index (κ3) is 6.34. The van der Waals surface area contributed by atoms with E-state index in [0.717, 1.165) is 15.8 Å². The van der Waals surface area contributed by atoms with Gasteiger partial charge in [0.25, 0.3) is 20.1 Å². The van der Waals surface area contributed by atoms with Gasteiger partial charge in [0.05, 0.1) is 23.2 Å². The molecule has 2 heterocycles. The Bertz CT molecular complexity index is 1330. The maximum Gasteiger partial charge on any atom is 0.410 e. The molecular formula is C24H32N2O8S2. The van der Waals surface area contributed by atoms with Crippen LogP contribution < -0.4 is 0 Å². The highest BCUT2D eigenvalue weighted by atomic mass is 32.2. The number of rotatable bonds is 7. The molecule has 198 valence electrons. The van der Waals surface area contributed by atoms with Gasteiger partial charge in [0.1, 0.15) is 11.3 Å². The van der Waals surface area contributed by atoms with Crippen molar-refractivity contribution < 1.29 is 35.3 Å². The van der Waals surface area contributed by atoms with Crippen molar-refractivity contribution in [3.63, 3.8) is 0 Å². The van der Waals surface area contributed by atoms with E-state index < -0.39 is 49.6 Å². The van der Waals surface area contributed by atoms with Crippen LogP contribution in [0.15, 0.2) is 47.5 Å². The number of Topliss-reactive ketones (excluding diaryl/α,β-unsaturated/α-hetero) is 1. The molecule has 1 aliphatic rings. The predicted molar refractivity (Wildman–Crippen MR) is 133 cm³/mol. The third-order valence-electron chi connectivity index (χ3n) is 5.93. The number of piperidine rings is 1. The number of carbonyl (C=O) groups is 2. The second kappa shape index (κ2) is 9.98. The van der Waals surface area contributed by atoms with Gasteiger partial charge in [-0.15, -0.1) is 0 Å². The highest BCUT2D eigenvalue weighted by Gasteiger charge is 2.46. The van der Waals surface area contributed by atoms with E-state index in [9.17, 15) is 26.4 Å². The zero-order chi connectivity index (χ0) is 26.9. The molecule has 10 nitrogen and oxygen atoms in total. The van der Waals surface area contributed by atoms with Crippen molar-refractivity contribution in [2.75, 3.05) is 26.0 Å². The van der Waals surface area contributed by atoms with Crippen LogP contribution in [0.3, 0.4) is 0 Å². The first-order valence-corrected chi connectivity index (χ1v) is 14.7. The molecule has 0 N–H and O–H groups in total. The Labute approximate surface area is 212 Å². The first-order chi connectivity index (χ1) is 16.5. The van der Waals surface area contributed by atoms with E-state index in [1.165, 1.54) is 35.4 Å². The zero-order valence-corrected chi connectivity index (χ0v) is 22.7. The fourth-order valence-electron chi connectivity index (χ4n) is 3.95. The Morgan fingerprint density at radius 2 is 1.58 bits per heavy atom. The summed E-state index contributed by atoms with van der Waals surface area (Å²) in [4.78, 5) is 27.8. The molecule has 12 heteroatoms. The van der Waals surface area contributed by atoms with Crippen LogP contribution in [0.5, 0.6) is 0 Å². The van der Waals surface area contributed by atoms with Gasteiger partial charge < -0.3 is 9.64 Å². The maximum atomic E-state index is 13.9. The number of amides is 1. The van der Waals surface area contributed by atoms with Crippen molar-refractivity contribution in [2.24, 2.45) is 5.41 Å². The lowest BCUT2D eigenvalue weighted by molar-refractivity contribution is 0.00458. The largest absolute Gasteiger partial charge is 0.444 e. The standard InChI is InChI=1S/C24H32N2O8S2/c1-18-8-10-19(11-9-18)36(31,32)26-14-6-7-20(26)21(27)24(17-33-35(5,29)30)12-15-25(16-13-24)22(28)34-23(2,3)4/h6-11,14H,12-13,15-17H2,1-5H3. The van der Waals surface area contributed by atoms with Crippen LogP contribution in [0.25, 0.3) is 0 Å². The number of carbonyl (C=O) groups excluding carboxylic acids is 2. The SMILES string of the molecule is Cc1ccc(S(=O)(=O)n2cccc2C(=O)C2(COS(C)(=O)=O)CCN(C(=O)OC(C)(C)C)CC2)cc1. The summed E-state index contributed by atoms with van der Waals surface area (Å²) >= 11 is 0. The Balaban J connectivity index is 1.94. The molecule has 36 heavy (non-hydrogen) atoms. The minimum atomic E-state index is -4.09. The molecule has 2 aromatic rings. The predicted octanol–water partition coefficient (Wildman–Crippen LogP) is 3.21. The van der Waals surface area contributed by atoms with Crippen molar-refractivity contribution >= 4 is 32.0 Å². The lowest BCUT2D eigenvalue weighted by Gasteiger charge is -2.40. The van der Waals surface area contributed by atoms with E-state index in [1.807, 2.05) is 6.92 Å². The summed E-state index contributed by atoms with van der Waals surface area (Å²) in [5.41, 5.74) is -1.29. The van der Waals surface area contributed by atoms with Crippen LogP contribution >= 0.6 is 0 Å². The van der Waals surface area contributed by atoms with Crippen LogP contribution in [0.4, 0.5) is 4.79 Å². The van der Waals surface area contributed by atoms with Crippen LogP contribution in [0, 0.1) is 12.3 Å². The van der Waals surface area contributed by atoms with Gasteiger partial charge in [0, 0.05) is 19.3 Å². The first kappa shape index (κ1) is 27.9. The van der Waals surface area contributed by atoms with E-state index in [4.69, 9.17) is 8.92 Å². The lowest BCUT2D eigenvalue weighted by atomic mass is 9.74. The summed E-state index contributed by atoms with van der Waals surface area (Å²) in [6.45, 7) is 6.80. The van der Waals surface area contributed by atoms with Gasteiger partial charge in [-0.2, -0.15) is 8.42 Å². The van der Waals surface area contributed by atoms with Crippen molar-refractivity contribution in [3.05, 3.63) is 53.9 Å². The molecule has 0 radical (unpaired) electrons. The van der Waals surface area contributed by atoms with E-state index >= 15 is 0 Å². The molecule has 1 aromatic carbocycles. The topological polar surface area (TPSA) is 129 Å².